The lowest BCUT2D eigenvalue weighted by Gasteiger charge is -2.32. The second-order valence-electron chi connectivity index (χ2n) is 4.86. The highest BCUT2D eigenvalue weighted by Gasteiger charge is 2.46. The zero-order valence-corrected chi connectivity index (χ0v) is 10.4. The molecule has 0 spiro atoms. The highest BCUT2D eigenvalue weighted by molar-refractivity contribution is 9.10. The largest absolute Gasteiger partial charge is 0.305 e. The third-order valence-electron chi connectivity index (χ3n) is 3.71. The van der Waals surface area contributed by atoms with Crippen LogP contribution in [0.3, 0.4) is 0 Å². The lowest BCUT2D eigenvalue weighted by molar-refractivity contribution is 0.295. The van der Waals surface area contributed by atoms with Gasteiger partial charge in [-0.3, -0.25) is 0 Å². The van der Waals surface area contributed by atoms with Gasteiger partial charge in [0.2, 0.25) is 0 Å². The first-order chi connectivity index (χ1) is 7.28. The molecule has 0 saturated heterocycles. The Morgan fingerprint density at radius 1 is 1.27 bits per heavy atom. The van der Waals surface area contributed by atoms with E-state index in [-0.39, 0.29) is 0 Å². The van der Waals surface area contributed by atoms with Crippen molar-refractivity contribution in [2.24, 2.45) is 0 Å². The van der Waals surface area contributed by atoms with Crippen LogP contribution in [0.15, 0.2) is 28.7 Å². The topological polar surface area (TPSA) is 12.0 Å². The Balaban J connectivity index is 1.79. The maximum absolute atomic E-state index is 3.83. The number of nitrogens with one attached hydrogen (secondary N) is 1. The molecule has 1 aromatic rings. The van der Waals surface area contributed by atoms with Crippen molar-refractivity contribution in [1.82, 2.24) is 5.32 Å². The predicted molar refractivity (Wildman–Crippen MR) is 65.8 cm³/mol. The van der Waals surface area contributed by atoms with Crippen molar-refractivity contribution >= 4 is 15.9 Å². The second kappa shape index (κ2) is 3.60. The summed E-state index contributed by atoms with van der Waals surface area (Å²) in [5.41, 5.74) is 1.79. The highest BCUT2D eigenvalue weighted by Crippen LogP contribution is 2.47. The third-order valence-corrected chi connectivity index (χ3v) is 4.21. The zero-order chi connectivity index (χ0) is 10.3. The van der Waals surface area contributed by atoms with E-state index >= 15 is 0 Å². The van der Waals surface area contributed by atoms with Crippen molar-refractivity contribution in [1.29, 1.82) is 0 Å². The summed E-state index contributed by atoms with van der Waals surface area (Å²) in [6.45, 7) is 0. The number of benzene rings is 1. The summed E-state index contributed by atoms with van der Waals surface area (Å²) >= 11 is 3.55. The maximum Gasteiger partial charge on any atom is 0.0438 e. The fourth-order valence-corrected chi connectivity index (χ4v) is 2.77. The minimum Gasteiger partial charge on any atom is -0.305 e. The molecule has 2 saturated carbocycles. The number of halogens is 1. The van der Waals surface area contributed by atoms with Gasteiger partial charge in [0.05, 0.1) is 0 Å². The summed E-state index contributed by atoms with van der Waals surface area (Å²) in [5, 5.41) is 3.83. The van der Waals surface area contributed by atoms with Crippen LogP contribution in [0.5, 0.6) is 0 Å². The lowest BCUT2D eigenvalue weighted by atomic mass is 9.91. The average molecular weight is 266 g/mol. The first-order valence-corrected chi connectivity index (χ1v) is 6.62. The van der Waals surface area contributed by atoms with Crippen molar-refractivity contribution in [2.45, 2.75) is 43.7 Å². The molecule has 15 heavy (non-hydrogen) atoms. The normalized spacial score (nSPS) is 23.5. The van der Waals surface area contributed by atoms with E-state index in [4.69, 9.17) is 0 Å². The van der Waals surface area contributed by atoms with Crippen molar-refractivity contribution in [3.63, 3.8) is 0 Å². The van der Waals surface area contributed by atoms with Crippen LogP contribution in [0.2, 0.25) is 0 Å². The fourth-order valence-electron chi connectivity index (χ4n) is 2.37. The number of rotatable bonds is 3. The first-order valence-electron chi connectivity index (χ1n) is 5.82. The molecule has 0 radical (unpaired) electrons. The van der Waals surface area contributed by atoms with Gasteiger partial charge < -0.3 is 5.32 Å². The van der Waals surface area contributed by atoms with Crippen molar-refractivity contribution in [3.8, 4) is 0 Å². The van der Waals surface area contributed by atoms with Gasteiger partial charge in [0, 0.05) is 16.1 Å². The van der Waals surface area contributed by atoms with E-state index < -0.39 is 0 Å². The molecule has 0 heterocycles. The van der Waals surface area contributed by atoms with Gasteiger partial charge in [-0.15, -0.1) is 0 Å². The summed E-state index contributed by atoms with van der Waals surface area (Å²) in [6, 6.07) is 9.54. The molecule has 2 fully saturated rings. The van der Waals surface area contributed by atoms with E-state index in [0.717, 1.165) is 6.04 Å². The van der Waals surface area contributed by atoms with Crippen LogP contribution in [0.25, 0.3) is 0 Å². The molecule has 0 amide bonds. The van der Waals surface area contributed by atoms with Crippen LogP contribution in [0, 0.1) is 0 Å². The van der Waals surface area contributed by atoms with E-state index in [9.17, 15) is 0 Å². The summed E-state index contributed by atoms with van der Waals surface area (Å²) in [6.07, 6.45) is 6.76. The molecule has 1 aromatic carbocycles. The Bertz CT molecular complexity index is 367. The maximum atomic E-state index is 3.83. The van der Waals surface area contributed by atoms with Crippen LogP contribution in [0.1, 0.15) is 37.7 Å². The fraction of sp³-hybridized carbons (Fsp3) is 0.538. The quantitative estimate of drug-likeness (QED) is 0.881. The Morgan fingerprint density at radius 2 is 2.07 bits per heavy atom. The van der Waals surface area contributed by atoms with Gasteiger partial charge in [-0.05, 0) is 43.4 Å². The summed E-state index contributed by atoms with van der Waals surface area (Å²) in [4.78, 5) is 0. The van der Waals surface area contributed by atoms with Crippen molar-refractivity contribution in [3.05, 3.63) is 34.3 Å². The van der Waals surface area contributed by atoms with Crippen molar-refractivity contribution < 1.29 is 0 Å². The molecule has 0 unspecified atom stereocenters. The molecule has 0 aliphatic heterocycles. The van der Waals surface area contributed by atoms with E-state index in [1.165, 1.54) is 42.1 Å². The Morgan fingerprint density at radius 3 is 2.60 bits per heavy atom. The Labute approximate surface area is 99.4 Å². The molecular weight excluding hydrogens is 250 g/mol. The van der Waals surface area contributed by atoms with Crippen LogP contribution < -0.4 is 5.32 Å². The van der Waals surface area contributed by atoms with Gasteiger partial charge in [-0.2, -0.15) is 0 Å². The molecule has 3 rings (SSSR count). The Hall–Kier alpha value is -0.340. The van der Waals surface area contributed by atoms with Crippen LogP contribution >= 0.6 is 15.9 Å². The lowest BCUT2D eigenvalue weighted by Crippen LogP contribution is -2.42. The highest BCUT2D eigenvalue weighted by atomic mass is 79.9. The molecule has 2 aliphatic rings. The molecular formula is C13H16BrN. The van der Waals surface area contributed by atoms with Crippen LogP contribution in [-0.4, -0.2) is 6.04 Å². The molecule has 0 atom stereocenters. The van der Waals surface area contributed by atoms with Gasteiger partial charge in [0.1, 0.15) is 0 Å². The monoisotopic (exact) mass is 265 g/mol. The summed E-state index contributed by atoms with van der Waals surface area (Å²) < 4.78 is 1.20. The molecule has 0 bridgehead atoms. The minimum atomic E-state index is 0.328. The van der Waals surface area contributed by atoms with Gasteiger partial charge in [0.25, 0.3) is 0 Å². The molecule has 2 heteroatoms. The summed E-state index contributed by atoms with van der Waals surface area (Å²) in [7, 11) is 0. The van der Waals surface area contributed by atoms with Crippen LogP contribution in [0.4, 0.5) is 0 Å². The minimum absolute atomic E-state index is 0.328. The first kappa shape index (κ1) is 9.86. The van der Waals surface area contributed by atoms with E-state index in [1.807, 2.05) is 0 Å². The molecule has 80 valence electrons. The third kappa shape index (κ3) is 1.85. The van der Waals surface area contributed by atoms with E-state index in [0.29, 0.717) is 5.54 Å². The standard InChI is InChI=1S/C13H16BrN/c14-11-4-1-3-10(9-11)13(7-8-13)15-12-5-2-6-12/h1,3-4,9,12,15H,2,5-8H2. The van der Waals surface area contributed by atoms with Gasteiger partial charge in [-0.1, -0.05) is 34.5 Å². The predicted octanol–water partition coefficient (Wildman–Crippen LogP) is 3.58. The van der Waals surface area contributed by atoms with Crippen LogP contribution in [-0.2, 0) is 5.54 Å². The van der Waals surface area contributed by atoms with E-state index in [1.54, 1.807) is 0 Å². The molecule has 1 N–H and O–H groups in total. The smallest absolute Gasteiger partial charge is 0.0438 e. The second-order valence-corrected chi connectivity index (χ2v) is 5.78. The van der Waals surface area contributed by atoms with E-state index in [2.05, 4.69) is 45.5 Å². The SMILES string of the molecule is Brc1cccc(C2(NC3CCC3)CC2)c1. The molecule has 2 aliphatic carbocycles. The zero-order valence-electron chi connectivity index (χ0n) is 8.80. The summed E-state index contributed by atoms with van der Waals surface area (Å²) in [5.74, 6) is 0. The number of hydrogen-bond acceptors (Lipinski definition) is 1. The average Bonchev–Trinajstić information content (AvgIpc) is 2.93. The molecule has 0 aromatic heterocycles. The molecule has 1 nitrogen and oxygen atoms in total. The number of hydrogen-bond donors (Lipinski definition) is 1. The Kier molecular flexibility index (Phi) is 2.37. The van der Waals surface area contributed by atoms with Gasteiger partial charge in [0.15, 0.2) is 0 Å². The van der Waals surface area contributed by atoms with Crippen molar-refractivity contribution in [2.75, 3.05) is 0 Å². The van der Waals surface area contributed by atoms with Gasteiger partial charge in [-0.25, -0.2) is 0 Å². The van der Waals surface area contributed by atoms with Gasteiger partial charge >= 0.3 is 0 Å².